The van der Waals surface area contributed by atoms with E-state index in [9.17, 15) is 0 Å². The fourth-order valence-electron chi connectivity index (χ4n) is 1.73. The fourth-order valence-corrected chi connectivity index (χ4v) is 2.35. The second-order valence-corrected chi connectivity index (χ2v) is 5.14. The third-order valence-corrected chi connectivity index (χ3v) is 3.47. The third-order valence-electron chi connectivity index (χ3n) is 2.63. The van der Waals surface area contributed by atoms with Gasteiger partial charge in [-0.1, -0.05) is 6.92 Å². The molecule has 19 heavy (non-hydrogen) atoms. The maximum atomic E-state index is 4.51. The van der Waals surface area contributed by atoms with Crippen LogP contribution in [0, 0.1) is 0 Å². The molecule has 0 atom stereocenters. The van der Waals surface area contributed by atoms with Crippen LogP contribution < -0.4 is 10.6 Å². The second-order valence-electron chi connectivity index (χ2n) is 4.16. The van der Waals surface area contributed by atoms with Crippen LogP contribution in [-0.2, 0) is 12.8 Å². The molecule has 0 saturated carbocycles. The minimum Gasteiger partial charge on any atom is -0.373 e. The quantitative estimate of drug-likeness (QED) is 0.814. The van der Waals surface area contributed by atoms with Gasteiger partial charge in [0, 0.05) is 44.1 Å². The molecule has 102 valence electrons. The van der Waals surface area contributed by atoms with Gasteiger partial charge in [-0.05, 0) is 6.42 Å². The number of hydrogen-bond acceptors (Lipinski definition) is 6. The van der Waals surface area contributed by atoms with Crippen molar-refractivity contribution < 1.29 is 0 Å². The van der Waals surface area contributed by atoms with Crippen LogP contribution in [-0.4, -0.2) is 28.5 Å². The van der Waals surface area contributed by atoms with Gasteiger partial charge in [0.05, 0.1) is 5.01 Å². The number of nitrogens with one attached hydrogen (secondary N) is 2. The highest BCUT2D eigenvalue weighted by atomic mass is 32.1. The van der Waals surface area contributed by atoms with Gasteiger partial charge in [-0.3, -0.25) is 0 Å². The molecule has 2 N–H and O–H groups in total. The summed E-state index contributed by atoms with van der Waals surface area (Å²) in [6.45, 7) is 2.96. The van der Waals surface area contributed by atoms with Gasteiger partial charge in [0.2, 0.25) is 0 Å². The molecule has 0 unspecified atom stereocenters. The van der Waals surface area contributed by atoms with E-state index in [-0.39, 0.29) is 0 Å². The summed E-state index contributed by atoms with van der Waals surface area (Å²) in [4.78, 5) is 13.2. The average Bonchev–Trinajstić information content (AvgIpc) is 2.92. The molecule has 0 fully saturated rings. The Balaban J connectivity index is 1.96. The fraction of sp³-hybridized carbons (Fsp3) is 0.462. The normalized spacial score (nSPS) is 10.4. The number of rotatable bonds is 7. The van der Waals surface area contributed by atoms with Gasteiger partial charge in [-0.25, -0.2) is 15.0 Å². The van der Waals surface area contributed by atoms with Crippen molar-refractivity contribution in [2.75, 3.05) is 24.2 Å². The lowest BCUT2D eigenvalue weighted by atomic mass is 10.3. The predicted octanol–water partition coefficient (Wildman–Crippen LogP) is 2.58. The molecule has 0 amide bonds. The summed E-state index contributed by atoms with van der Waals surface area (Å²) in [7, 11) is 1.87. The van der Waals surface area contributed by atoms with Crippen molar-refractivity contribution in [2.24, 2.45) is 0 Å². The van der Waals surface area contributed by atoms with Gasteiger partial charge in [0.25, 0.3) is 0 Å². The first-order chi connectivity index (χ1) is 9.31. The summed E-state index contributed by atoms with van der Waals surface area (Å²) < 4.78 is 0. The van der Waals surface area contributed by atoms with Crippen LogP contribution >= 0.6 is 11.3 Å². The van der Waals surface area contributed by atoms with E-state index in [0.717, 1.165) is 48.3 Å². The first-order valence-electron chi connectivity index (χ1n) is 6.49. The molecule has 6 heteroatoms. The van der Waals surface area contributed by atoms with Crippen molar-refractivity contribution in [3.63, 3.8) is 0 Å². The second kappa shape index (κ2) is 7.04. The zero-order chi connectivity index (χ0) is 13.5. The van der Waals surface area contributed by atoms with Crippen LogP contribution in [0.15, 0.2) is 17.6 Å². The summed E-state index contributed by atoms with van der Waals surface area (Å²) in [5.74, 6) is 2.61. The topological polar surface area (TPSA) is 62.7 Å². The van der Waals surface area contributed by atoms with Crippen LogP contribution in [0.1, 0.15) is 24.2 Å². The van der Waals surface area contributed by atoms with Crippen molar-refractivity contribution >= 4 is 23.0 Å². The molecular weight excluding hydrogens is 258 g/mol. The number of thiazole rings is 1. The lowest BCUT2D eigenvalue weighted by Gasteiger charge is -2.09. The molecule has 0 aliphatic rings. The number of aromatic nitrogens is 3. The maximum absolute atomic E-state index is 4.51. The molecule has 0 spiro atoms. The minimum absolute atomic E-state index is 0.833. The Morgan fingerprint density at radius 3 is 2.74 bits per heavy atom. The van der Waals surface area contributed by atoms with E-state index in [2.05, 4.69) is 32.5 Å². The van der Waals surface area contributed by atoms with Crippen LogP contribution in [0.3, 0.4) is 0 Å². The maximum Gasteiger partial charge on any atom is 0.133 e. The Morgan fingerprint density at radius 1 is 1.21 bits per heavy atom. The molecule has 2 rings (SSSR count). The smallest absolute Gasteiger partial charge is 0.133 e. The van der Waals surface area contributed by atoms with Crippen LogP contribution in [0.2, 0.25) is 0 Å². The first kappa shape index (κ1) is 13.7. The highest BCUT2D eigenvalue weighted by molar-refractivity contribution is 7.09. The van der Waals surface area contributed by atoms with Crippen molar-refractivity contribution in [1.82, 2.24) is 15.0 Å². The van der Waals surface area contributed by atoms with Crippen LogP contribution in [0.4, 0.5) is 11.6 Å². The van der Waals surface area contributed by atoms with Gasteiger partial charge in [0.15, 0.2) is 0 Å². The van der Waals surface area contributed by atoms with Gasteiger partial charge in [-0.2, -0.15) is 0 Å². The van der Waals surface area contributed by atoms with E-state index < -0.39 is 0 Å². The monoisotopic (exact) mass is 277 g/mol. The number of hydrogen-bond donors (Lipinski definition) is 2. The van der Waals surface area contributed by atoms with E-state index in [0.29, 0.717) is 0 Å². The highest BCUT2D eigenvalue weighted by Gasteiger charge is 2.03. The predicted molar refractivity (Wildman–Crippen MR) is 79.9 cm³/mol. The van der Waals surface area contributed by atoms with Crippen molar-refractivity contribution in [3.05, 3.63) is 28.5 Å². The summed E-state index contributed by atoms with van der Waals surface area (Å²) >= 11 is 1.68. The summed E-state index contributed by atoms with van der Waals surface area (Å²) in [5.41, 5.74) is 0. The van der Waals surface area contributed by atoms with E-state index >= 15 is 0 Å². The number of aryl methyl sites for hydroxylation is 1. The molecule has 2 aromatic heterocycles. The van der Waals surface area contributed by atoms with Crippen molar-refractivity contribution in [3.8, 4) is 0 Å². The molecule has 0 saturated heterocycles. The summed E-state index contributed by atoms with van der Waals surface area (Å²) in [5, 5.41) is 9.54. The Bertz CT molecular complexity index is 498. The lowest BCUT2D eigenvalue weighted by Crippen LogP contribution is -2.09. The van der Waals surface area contributed by atoms with Gasteiger partial charge in [0.1, 0.15) is 17.5 Å². The molecule has 2 heterocycles. The van der Waals surface area contributed by atoms with E-state index in [1.54, 1.807) is 11.3 Å². The molecule has 0 aliphatic carbocycles. The van der Waals surface area contributed by atoms with Gasteiger partial charge >= 0.3 is 0 Å². The zero-order valence-corrected chi connectivity index (χ0v) is 12.1. The summed E-state index contributed by atoms with van der Waals surface area (Å²) in [6, 6.07) is 1.93. The first-order valence-corrected chi connectivity index (χ1v) is 7.37. The standard InChI is InChI=1S/C13H19N5S/c1-3-4-10-17-11(14-2)9-12(18-10)15-6-5-13-16-7-8-19-13/h7-9H,3-6H2,1-2H3,(H2,14,15,17,18). The molecule has 0 aromatic carbocycles. The number of nitrogens with zero attached hydrogens (tertiary/aromatic N) is 3. The SMILES string of the molecule is CCCc1nc(NC)cc(NCCc2nccs2)n1. The zero-order valence-electron chi connectivity index (χ0n) is 11.3. The molecular formula is C13H19N5S. The summed E-state index contributed by atoms with van der Waals surface area (Å²) in [6.07, 6.45) is 4.70. The van der Waals surface area contributed by atoms with Crippen molar-refractivity contribution in [2.45, 2.75) is 26.2 Å². The lowest BCUT2D eigenvalue weighted by molar-refractivity contribution is 0.834. The molecule has 0 aliphatic heterocycles. The number of anilines is 2. The van der Waals surface area contributed by atoms with E-state index in [1.165, 1.54) is 0 Å². The molecule has 0 radical (unpaired) electrons. The largest absolute Gasteiger partial charge is 0.373 e. The molecule has 2 aromatic rings. The van der Waals surface area contributed by atoms with Gasteiger partial charge in [-0.15, -0.1) is 11.3 Å². The van der Waals surface area contributed by atoms with E-state index in [4.69, 9.17) is 0 Å². The Kier molecular flexibility index (Phi) is 5.09. The van der Waals surface area contributed by atoms with Gasteiger partial charge < -0.3 is 10.6 Å². The van der Waals surface area contributed by atoms with Crippen molar-refractivity contribution in [1.29, 1.82) is 0 Å². The Labute approximate surface area is 117 Å². The molecule has 0 bridgehead atoms. The minimum atomic E-state index is 0.833. The molecule has 5 nitrogen and oxygen atoms in total. The highest BCUT2D eigenvalue weighted by Crippen LogP contribution is 2.12. The Hall–Kier alpha value is -1.69. The van der Waals surface area contributed by atoms with E-state index in [1.807, 2.05) is 24.7 Å². The Morgan fingerprint density at radius 2 is 2.05 bits per heavy atom. The van der Waals surface area contributed by atoms with Crippen LogP contribution in [0.5, 0.6) is 0 Å². The average molecular weight is 277 g/mol. The van der Waals surface area contributed by atoms with Crippen LogP contribution in [0.25, 0.3) is 0 Å². The third kappa shape index (κ3) is 4.17.